The van der Waals surface area contributed by atoms with Gasteiger partial charge < -0.3 is 10.2 Å². The van der Waals surface area contributed by atoms with Gasteiger partial charge in [0.2, 0.25) is 11.9 Å². The van der Waals surface area contributed by atoms with Crippen molar-refractivity contribution in [1.82, 2.24) is 19.9 Å². The van der Waals surface area contributed by atoms with E-state index in [1.165, 1.54) is 35.7 Å². The predicted octanol–water partition coefficient (Wildman–Crippen LogP) is 3.31. The molecule has 4 rings (SSSR count). The number of hydrogen-bond donors (Lipinski definition) is 1. The molecule has 2 aliphatic rings. The van der Waals surface area contributed by atoms with E-state index in [4.69, 9.17) is 11.6 Å². The first kappa shape index (κ1) is 19.6. The van der Waals surface area contributed by atoms with Gasteiger partial charge >= 0.3 is 6.03 Å². The summed E-state index contributed by atoms with van der Waals surface area (Å²) < 4.78 is 0. The molecule has 1 saturated heterocycles. The summed E-state index contributed by atoms with van der Waals surface area (Å²) >= 11 is 5.85. The van der Waals surface area contributed by atoms with Crippen LogP contribution in [0, 0.1) is 5.92 Å². The Morgan fingerprint density at radius 2 is 2.00 bits per heavy atom. The largest absolute Gasteiger partial charge is 0.327 e. The summed E-state index contributed by atoms with van der Waals surface area (Å²) in [6.45, 7) is 4.41. The van der Waals surface area contributed by atoms with Crippen molar-refractivity contribution in [2.45, 2.75) is 38.6 Å². The SMILES string of the molecule is CC(C)[C@H]1CN(c2ncc(Cl)cn2)C(=O)N1CC(=O)Nc1cc(C2CC2)ccn1. The second-order valence-electron chi connectivity index (χ2n) is 7.83. The van der Waals surface area contributed by atoms with Crippen molar-refractivity contribution in [1.29, 1.82) is 0 Å². The summed E-state index contributed by atoms with van der Waals surface area (Å²) in [5.74, 6) is 1.27. The minimum Gasteiger partial charge on any atom is -0.310 e. The van der Waals surface area contributed by atoms with Gasteiger partial charge in [-0.25, -0.2) is 19.7 Å². The van der Waals surface area contributed by atoms with E-state index in [2.05, 4.69) is 20.3 Å². The van der Waals surface area contributed by atoms with E-state index in [0.717, 1.165) is 0 Å². The van der Waals surface area contributed by atoms with E-state index in [1.807, 2.05) is 26.0 Å². The van der Waals surface area contributed by atoms with Gasteiger partial charge in [0.15, 0.2) is 0 Å². The van der Waals surface area contributed by atoms with Gasteiger partial charge in [0, 0.05) is 6.20 Å². The Morgan fingerprint density at radius 3 is 2.66 bits per heavy atom. The first-order valence-corrected chi connectivity index (χ1v) is 10.1. The van der Waals surface area contributed by atoms with E-state index in [-0.39, 0.29) is 36.4 Å². The minimum absolute atomic E-state index is 0.0545. The van der Waals surface area contributed by atoms with Crippen LogP contribution in [0.5, 0.6) is 0 Å². The maximum atomic E-state index is 13.0. The zero-order valence-corrected chi connectivity index (χ0v) is 17.1. The predicted molar refractivity (Wildman–Crippen MR) is 110 cm³/mol. The number of nitrogens with one attached hydrogen (secondary N) is 1. The number of aromatic nitrogens is 3. The van der Waals surface area contributed by atoms with Crippen LogP contribution >= 0.6 is 11.6 Å². The molecule has 1 aliphatic heterocycles. The van der Waals surface area contributed by atoms with Crippen LogP contribution < -0.4 is 10.2 Å². The van der Waals surface area contributed by atoms with Crippen molar-refractivity contribution in [3.63, 3.8) is 0 Å². The number of halogens is 1. The molecule has 8 nitrogen and oxygen atoms in total. The van der Waals surface area contributed by atoms with Gasteiger partial charge in [-0.15, -0.1) is 0 Å². The summed E-state index contributed by atoms with van der Waals surface area (Å²) in [7, 11) is 0. The molecule has 0 radical (unpaired) electrons. The lowest BCUT2D eigenvalue weighted by Crippen LogP contribution is -2.43. The van der Waals surface area contributed by atoms with Crippen LogP contribution in [0.4, 0.5) is 16.6 Å². The highest BCUT2D eigenvalue weighted by molar-refractivity contribution is 6.30. The molecule has 1 saturated carbocycles. The summed E-state index contributed by atoms with van der Waals surface area (Å²) in [4.78, 5) is 41.2. The lowest BCUT2D eigenvalue weighted by molar-refractivity contribution is -0.117. The van der Waals surface area contributed by atoms with Crippen molar-refractivity contribution >= 4 is 35.3 Å². The van der Waals surface area contributed by atoms with Gasteiger partial charge in [-0.1, -0.05) is 25.4 Å². The molecule has 152 valence electrons. The van der Waals surface area contributed by atoms with E-state index >= 15 is 0 Å². The Bertz CT molecular complexity index is 915. The highest BCUT2D eigenvalue weighted by atomic mass is 35.5. The molecule has 2 aromatic rings. The van der Waals surface area contributed by atoms with E-state index in [0.29, 0.717) is 23.3 Å². The minimum atomic E-state index is -0.291. The van der Waals surface area contributed by atoms with Crippen LogP contribution in [0.3, 0.4) is 0 Å². The highest BCUT2D eigenvalue weighted by Gasteiger charge is 2.41. The lowest BCUT2D eigenvalue weighted by atomic mass is 10.0. The Hall–Kier alpha value is -2.74. The second-order valence-corrected chi connectivity index (χ2v) is 8.27. The van der Waals surface area contributed by atoms with Crippen molar-refractivity contribution in [3.05, 3.63) is 41.3 Å². The van der Waals surface area contributed by atoms with Gasteiger partial charge in [0.05, 0.1) is 30.0 Å². The first-order valence-electron chi connectivity index (χ1n) is 9.74. The summed E-state index contributed by atoms with van der Waals surface area (Å²) in [6.07, 6.45) is 6.97. The van der Waals surface area contributed by atoms with Gasteiger partial charge in [-0.2, -0.15) is 0 Å². The third kappa shape index (κ3) is 4.32. The Balaban J connectivity index is 1.46. The molecule has 1 aliphatic carbocycles. The molecule has 3 amide bonds. The number of carbonyl (C=O) groups excluding carboxylic acids is 2. The number of pyridine rings is 1. The first-order chi connectivity index (χ1) is 13.9. The number of amides is 3. The fourth-order valence-electron chi connectivity index (χ4n) is 3.55. The number of anilines is 2. The third-order valence-corrected chi connectivity index (χ3v) is 5.47. The fraction of sp³-hybridized carbons (Fsp3) is 0.450. The Morgan fingerprint density at radius 1 is 1.28 bits per heavy atom. The van der Waals surface area contributed by atoms with Gasteiger partial charge in [0.1, 0.15) is 12.4 Å². The molecular formula is C20H23ClN6O2. The molecule has 0 aromatic carbocycles. The molecule has 2 aromatic heterocycles. The lowest BCUT2D eigenvalue weighted by Gasteiger charge is -2.25. The number of hydrogen-bond acceptors (Lipinski definition) is 5. The van der Waals surface area contributed by atoms with Crippen molar-refractivity contribution in [2.75, 3.05) is 23.3 Å². The maximum absolute atomic E-state index is 13.0. The van der Waals surface area contributed by atoms with Crippen molar-refractivity contribution < 1.29 is 9.59 Å². The normalized spacial score (nSPS) is 19.2. The standard InChI is InChI=1S/C20H23ClN6O2/c1-12(2)16-10-27(19-23-8-15(21)9-24-19)20(29)26(16)11-18(28)25-17-7-14(5-6-22-17)13-3-4-13/h5-9,12-13,16H,3-4,10-11H2,1-2H3,(H,22,25,28)/t16-/m1/s1. The molecule has 1 N–H and O–H groups in total. The van der Waals surface area contributed by atoms with E-state index in [1.54, 1.807) is 11.1 Å². The van der Waals surface area contributed by atoms with E-state index < -0.39 is 0 Å². The van der Waals surface area contributed by atoms with Gasteiger partial charge in [-0.05, 0) is 42.4 Å². The molecular weight excluding hydrogens is 392 g/mol. The summed E-state index contributed by atoms with van der Waals surface area (Å²) in [5.41, 5.74) is 1.19. The van der Waals surface area contributed by atoms with Crippen LogP contribution in [-0.4, -0.2) is 50.9 Å². The Labute approximate surface area is 174 Å². The molecule has 0 spiro atoms. The molecule has 3 heterocycles. The number of urea groups is 1. The zero-order valence-electron chi connectivity index (χ0n) is 16.4. The monoisotopic (exact) mass is 414 g/mol. The highest BCUT2D eigenvalue weighted by Crippen LogP contribution is 2.40. The summed E-state index contributed by atoms with van der Waals surface area (Å²) in [5, 5.41) is 3.22. The Kier molecular flexibility index (Phi) is 5.36. The average Bonchev–Trinajstić information content (AvgIpc) is 3.49. The molecule has 2 fully saturated rings. The maximum Gasteiger partial charge on any atom is 0.327 e. The van der Waals surface area contributed by atoms with Crippen LogP contribution in [0.2, 0.25) is 5.02 Å². The number of rotatable bonds is 6. The number of nitrogens with zero attached hydrogens (tertiary/aromatic N) is 5. The number of carbonyl (C=O) groups is 2. The van der Waals surface area contributed by atoms with Crippen molar-refractivity contribution in [2.24, 2.45) is 5.92 Å². The van der Waals surface area contributed by atoms with Gasteiger partial charge in [0.25, 0.3) is 0 Å². The third-order valence-electron chi connectivity index (χ3n) is 5.28. The van der Waals surface area contributed by atoms with Crippen LogP contribution in [0.25, 0.3) is 0 Å². The fourth-order valence-corrected chi connectivity index (χ4v) is 3.65. The average molecular weight is 415 g/mol. The molecule has 29 heavy (non-hydrogen) atoms. The van der Waals surface area contributed by atoms with Crippen LogP contribution in [0.1, 0.15) is 38.2 Å². The zero-order chi connectivity index (χ0) is 20.5. The van der Waals surface area contributed by atoms with Crippen molar-refractivity contribution in [3.8, 4) is 0 Å². The summed E-state index contributed by atoms with van der Waals surface area (Å²) in [6, 6.07) is 3.48. The second kappa shape index (κ2) is 7.94. The topological polar surface area (TPSA) is 91.3 Å². The van der Waals surface area contributed by atoms with Crippen LogP contribution in [0.15, 0.2) is 30.7 Å². The molecule has 1 atom stereocenters. The van der Waals surface area contributed by atoms with E-state index in [9.17, 15) is 9.59 Å². The quantitative estimate of drug-likeness (QED) is 0.782. The smallest absolute Gasteiger partial charge is 0.310 e. The molecule has 0 unspecified atom stereocenters. The van der Waals surface area contributed by atoms with Crippen LogP contribution in [-0.2, 0) is 4.79 Å². The molecule has 0 bridgehead atoms. The molecule has 9 heteroatoms. The van der Waals surface area contributed by atoms with Gasteiger partial charge in [-0.3, -0.25) is 9.69 Å².